The average Bonchev–Trinajstić information content (AvgIpc) is 3.42. The summed E-state index contributed by atoms with van der Waals surface area (Å²) in [7, 11) is -4.13. The Labute approximate surface area is 243 Å². The predicted molar refractivity (Wildman–Crippen MR) is 154 cm³/mol. The van der Waals surface area contributed by atoms with Crippen LogP contribution >= 0.6 is 27.5 Å². The molecule has 12 heteroatoms. The molecular formula is C28H22BrClN4O5S. The van der Waals surface area contributed by atoms with Crippen molar-refractivity contribution in [3.05, 3.63) is 105 Å². The van der Waals surface area contributed by atoms with Crippen molar-refractivity contribution < 1.29 is 22.4 Å². The minimum atomic E-state index is -4.13. The lowest BCUT2D eigenvalue weighted by Gasteiger charge is -2.15. The van der Waals surface area contributed by atoms with Crippen LogP contribution in [0.1, 0.15) is 39.2 Å². The normalized spacial score (nSPS) is 11.6. The van der Waals surface area contributed by atoms with Gasteiger partial charge in [0.1, 0.15) is 11.5 Å². The van der Waals surface area contributed by atoms with Crippen LogP contribution in [0.3, 0.4) is 0 Å². The highest BCUT2D eigenvalue weighted by molar-refractivity contribution is 9.10. The lowest BCUT2D eigenvalue weighted by atomic mass is 9.97. The van der Waals surface area contributed by atoms with E-state index in [-0.39, 0.29) is 27.9 Å². The van der Waals surface area contributed by atoms with Gasteiger partial charge in [-0.25, -0.2) is 18.1 Å². The number of hydrogen-bond acceptors (Lipinski definition) is 6. The third kappa shape index (κ3) is 4.91. The summed E-state index contributed by atoms with van der Waals surface area (Å²) in [6.07, 6.45) is 3.56. The zero-order valence-electron chi connectivity index (χ0n) is 21.0. The number of halogens is 2. The molecule has 0 atom stereocenters. The third-order valence-corrected chi connectivity index (χ3v) is 8.90. The topological polar surface area (TPSA) is 137 Å². The highest BCUT2D eigenvalue weighted by atomic mass is 79.9. The molecule has 3 aromatic rings. The monoisotopic (exact) mass is 640 g/mol. The fraction of sp³-hybridized carbons (Fsp3) is 0.107. The first-order chi connectivity index (χ1) is 19.1. The van der Waals surface area contributed by atoms with E-state index in [1.807, 2.05) is 6.92 Å². The maximum Gasteiger partial charge on any atom is 0.268 e. The van der Waals surface area contributed by atoms with Gasteiger partial charge in [-0.3, -0.25) is 9.59 Å². The summed E-state index contributed by atoms with van der Waals surface area (Å²) < 4.78 is 35.7. The molecular weight excluding hydrogens is 620 g/mol. The molecule has 0 saturated heterocycles. The lowest BCUT2D eigenvalue weighted by molar-refractivity contribution is 0.0977. The first kappa shape index (κ1) is 27.6. The first-order valence-corrected chi connectivity index (χ1v) is 14.7. The van der Waals surface area contributed by atoms with Crippen LogP contribution < -0.4 is 10.5 Å². The molecule has 2 aliphatic rings. The molecule has 2 heterocycles. The van der Waals surface area contributed by atoms with Crippen LogP contribution in [0.5, 0.6) is 0 Å². The maximum atomic E-state index is 13.5. The van der Waals surface area contributed by atoms with Crippen molar-refractivity contribution in [2.24, 2.45) is 5.73 Å². The summed E-state index contributed by atoms with van der Waals surface area (Å²) in [5, 5.41) is 0.00160. The number of primary amides is 1. The number of fused-ring (bicyclic) bond motifs is 1. The second-order valence-electron chi connectivity index (χ2n) is 8.82. The van der Waals surface area contributed by atoms with E-state index >= 15 is 0 Å². The number of rotatable bonds is 8. The summed E-state index contributed by atoms with van der Waals surface area (Å²) in [4.78, 5) is 30.1. The van der Waals surface area contributed by atoms with E-state index in [0.29, 0.717) is 33.4 Å². The van der Waals surface area contributed by atoms with Crippen molar-refractivity contribution in [1.82, 2.24) is 14.3 Å². The molecule has 204 valence electrons. The van der Waals surface area contributed by atoms with Gasteiger partial charge in [0.25, 0.3) is 21.8 Å². The van der Waals surface area contributed by atoms with Crippen LogP contribution in [0.4, 0.5) is 0 Å². The number of nitrogens with two attached hydrogens (primary N) is 1. The summed E-state index contributed by atoms with van der Waals surface area (Å²) in [6.45, 7) is 2.02. The zero-order valence-corrected chi connectivity index (χ0v) is 24.2. The maximum absolute atomic E-state index is 13.5. The quantitative estimate of drug-likeness (QED) is 0.230. The van der Waals surface area contributed by atoms with Crippen molar-refractivity contribution >= 4 is 49.4 Å². The van der Waals surface area contributed by atoms with Crippen LogP contribution in [0, 0.1) is 0 Å². The molecule has 0 unspecified atom stereocenters. The van der Waals surface area contributed by atoms with Crippen molar-refractivity contribution in [3.8, 4) is 22.3 Å². The molecule has 3 N–H and O–H groups in total. The Balaban J connectivity index is 1.68. The molecule has 0 fully saturated rings. The van der Waals surface area contributed by atoms with Crippen molar-refractivity contribution in [1.29, 1.82) is 0 Å². The van der Waals surface area contributed by atoms with E-state index in [2.05, 4.69) is 25.6 Å². The van der Waals surface area contributed by atoms with Crippen LogP contribution in [0.15, 0.2) is 87.0 Å². The summed E-state index contributed by atoms with van der Waals surface area (Å²) >= 11 is 9.95. The smallest absolute Gasteiger partial charge is 0.268 e. The van der Waals surface area contributed by atoms with Gasteiger partial charge in [-0.1, -0.05) is 54.9 Å². The van der Waals surface area contributed by atoms with E-state index in [1.54, 1.807) is 59.4 Å². The molecule has 0 saturated carbocycles. The lowest BCUT2D eigenvalue weighted by Crippen LogP contribution is -2.31. The fourth-order valence-corrected chi connectivity index (χ4v) is 6.72. The standard InChI is InChI=1S/C28H22BrClN4O5S/c1-2-22-32-26(30)25(27(31)35)34(22)14-20-17-12-13-39-15-21(17)24(29)23(20)18-10-6-7-11-19(18)28(36)33-40(37,38)16-8-4-3-5-9-16/h3-13,15H,2,14H2,1H3,(H2,31,35)(H,33,36). The molecule has 5 rings (SSSR count). The number of aromatic nitrogens is 2. The second-order valence-corrected chi connectivity index (χ2v) is 11.6. The molecule has 0 spiro atoms. The minimum Gasteiger partial charge on any atom is -0.472 e. The number of sulfonamides is 1. The van der Waals surface area contributed by atoms with E-state index in [0.717, 1.165) is 11.1 Å². The number of carbonyl (C=O) groups excluding carboxylic acids is 2. The SMILES string of the molecule is CCc1nc(Cl)c(C(N)=O)n1Cc1c2ccocc-2c(Br)c1-c1ccccc1C(=O)NS(=O)(=O)c1ccccc1. The van der Waals surface area contributed by atoms with Crippen molar-refractivity contribution in [3.63, 3.8) is 0 Å². The molecule has 40 heavy (non-hydrogen) atoms. The third-order valence-electron chi connectivity index (χ3n) is 6.46. The Kier molecular flexibility index (Phi) is 7.54. The predicted octanol–water partition coefficient (Wildman–Crippen LogP) is 5.49. The van der Waals surface area contributed by atoms with Crippen LogP contribution in [0.25, 0.3) is 22.3 Å². The van der Waals surface area contributed by atoms with E-state index < -0.39 is 21.8 Å². The molecule has 9 nitrogen and oxygen atoms in total. The first-order valence-electron chi connectivity index (χ1n) is 12.1. The average molecular weight is 642 g/mol. The van der Waals surface area contributed by atoms with Crippen molar-refractivity contribution in [2.45, 2.75) is 24.8 Å². The molecule has 2 aromatic carbocycles. The number of nitrogens with one attached hydrogen (secondary N) is 1. The van der Waals surface area contributed by atoms with E-state index in [4.69, 9.17) is 21.8 Å². The number of hydrogen-bond donors (Lipinski definition) is 2. The second kappa shape index (κ2) is 10.9. The van der Waals surface area contributed by atoms with Gasteiger partial charge in [0.2, 0.25) is 0 Å². The van der Waals surface area contributed by atoms with E-state index in [9.17, 15) is 18.0 Å². The van der Waals surface area contributed by atoms with Crippen molar-refractivity contribution in [2.75, 3.05) is 0 Å². The van der Waals surface area contributed by atoms with Gasteiger partial charge in [0, 0.05) is 27.6 Å². The molecule has 1 aromatic heterocycles. The highest BCUT2D eigenvalue weighted by Gasteiger charge is 2.29. The van der Waals surface area contributed by atoms with Gasteiger partial charge in [-0.05, 0) is 56.9 Å². The number of aryl methyl sites for hydroxylation is 1. The fourth-order valence-electron chi connectivity index (χ4n) is 4.68. The Morgan fingerprint density at radius 2 is 1.75 bits per heavy atom. The zero-order chi connectivity index (χ0) is 28.6. The highest BCUT2D eigenvalue weighted by Crippen LogP contribution is 2.47. The van der Waals surface area contributed by atoms with Gasteiger partial charge >= 0.3 is 0 Å². The molecule has 2 amide bonds. The van der Waals surface area contributed by atoms with Gasteiger partial charge in [0.15, 0.2) is 5.15 Å². The number of amides is 2. The summed E-state index contributed by atoms with van der Waals surface area (Å²) in [6, 6.07) is 16.1. The van der Waals surface area contributed by atoms with Gasteiger partial charge < -0.3 is 14.7 Å². The van der Waals surface area contributed by atoms with Crippen LogP contribution in [-0.4, -0.2) is 29.8 Å². The molecule has 0 radical (unpaired) electrons. The Morgan fingerprint density at radius 3 is 2.45 bits per heavy atom. The molecule has 1 aliphatic carbocycles. The molecule has 1 aliphatic heterocycles. The Hall–Kier alpha value is -3.93. The summed E-state index contributed by atoms with van der Waals surface area (Å²) in [5.41, 5.74) is 9.14. The number of benzene rings is 2. The van der Waals surface area contributed by atoms with Gasteiger partial charge in [-0.2, -0.15) is 0 Å². The van der Waals surface area contributed by atoms with Crippen LogP contribution in [0.2, 0.25) is 5.15 Å². The van der Waals surface area contributed by atoms with E-state index in [1.165, 1.54) is 18.4 Å². The number of nitrogens with zero attached hydrogens (tertiary/aromatic N) is 2. The van der Waals surface area contributed by atoms with Crippen LogP contribution in [-0.2, 0) is 23.0 Å². The molecule has 0 bridgehead atoms. The Bertz CT molecular complexity index is 1830. The van der Waals surface area contributed by atoms with Gasteiger partial charge in [0.05, 0.1) is 24.0 Å². The number of imidazole rings is 1. The summed E-state index contributed by atoms with van der Waals surface area (Å²) in [5.74, 6) is -0.976. The number of carbonyl (C=O) groups is 2. The van der Waals surface area contributed by atoms with Gasteiger partial charge in [-0.15, -0.1) is 0 Å². The Morgan fingerprint density at radius 1 is 1.05 bits per heavy atom. The largest absolute Gasteiger partial charge is 0.472 e. The minimum absolute atomic E-state index is 0.00160.